The zero-order valence-electron chi connectivity index (χ0n) is 10.8. The first-order valence-corrected chi connectivity index (χ1v) is 6.24. The Bertz CT molecular complexity index is 513. The molecule has 0 unspecified atom stereocenters. The van der Waals surface area contributed by atoms with Gasteiger partial charge >= 0.3 is 12.0 Å². The third-order valence-corrected chi connectivity index (χ3v) is 2.96. The summed E-state index contributed by atoms with van der Waals surface area (Å²) in [6.45, 7) is 2.13. The van der Waals surface area contributed by atoms with Gasteiger partial charge in [-0.25, -0.2) is 14.0 Å². The number of ether oxygens (including phenoxy) is 1. The van der Waals surface area contributed by atoms with Crippen LogP contribution in [0.5, 0.6) is 0 Å². The summed E-state index contributed by atoms with van der Waals surface area (Å²) in [4.78, 5) is 24.2. The van der Waals surface area contributed by atoms with Crippen LogP contribution in [0.1, 0.15) is 16.8 Å². The summed E-state index contributed by atoms with van der Waals surface area (Å²) >= 11 is 0. The second-order valence-electron chi connectivity index (χ2n) is 4.38. The van der Waals surface area contributed by atoms with Crippen LogP contribution in [0.2, 0.25) is 0 Å². The van der Waals surface area contributed by atoms with Gasteiger partial charge in [-0.1, -0.05) is 0 Å². The fourth-order valence-corrected chi connectivity index (χ4v) is 1.92. The lowest BCUT2D eigenvalue weighted by molar-refractivity contribution is 0.0692. The molecule has 1 aromatic rings. The quantitative estimate of drug-likeness (QED) is 0.866. The van der Waals surface area contributed by atoms with E-state index in [1.54, 1.807) is 4.90 Å². The topological polar surface area (TPSA) is 78.9 Å². The Kier molecular flexibility index (Phi) is 4.52. The minimum Gasteiger partial charge on any atom is -0.478 e. The zero-order chi connectivity index (χ0) is 14.5. The van der Waals surface area contributed by atoms with Crippen molar-refractivity contribution in [3.05, 3.63) is 29.6 Å². The zero-order valence-corrected chi connectivity index (χ0v) is 10.8. The van der Waals surface area contributed by atoms with E-state index in [4.69, 9.17) is 9.84 Å². The lowest BCUT2D eigenvalue weighted by Gasteiger charge is -2.20. The van der Waals surface area contributed by atoms with Crippen LogP contribution in [0.3, 0.4) is 0 Å². The third kappa shape index (κ3) is 3.45. The number of halogens is 1. The van der Waals surface area contributed by atoms with Crippen LogP contribution < -0.4 is 5.32 Å². The Balaban J connectivity index is 2.03. The summed E-state index contributed by atoms with van der Waals surface area (Å²) in [5.41, 5.74) is -0.200. The summed E-state index contributed by atoms with van der Waals surface area (Å²) in [7, 11) is 0. The molecule has 0 bridgehead atoms. The number of anilines is 1. The van der Waals surface area contributed by atoms with Gasteiger partial charge < -0.3 is 20.1 Å². The first-order valence-electron chi connectivity index (χ1n) is 6.24. The van der Waals surface area contributed by atoms with Crippen molar-refractivity contribution in [2.75, 3.05) is 31.6 Å². The molecule has 108 valence electrons. The monoisotopic (exact) mass is 282 g/mol. The molecule has 1 saturated heterocycles. The van der Waals surface area contributed by atoms with Crippen molar-refractivity contribution in [2.24, 2.45) is 0 Å². The molecule has 1 heterocycles. The highest BCUT2D eigenvalue weighted by Crippen LogP contribution is 2.15. The predicted octanol–water partition coefficient (Wildman–Crippen LogP) is 1.78. The normalized spacial score (nSPS) is 15.6. The van der Waals surface area contributed by atoms with Gasteiger partial charge in [0, 0.05) is 25.4 Å². The number of carbonyl (C=O) groups is 2. The van der Waals surface area contributed by atoms with Crippen molar-refractivity contribution in [3.8, 4) is 0 Å². The second kappa shape index (κ2) is 6.33. The molecule has 20 heavy (non-hydrogen) atoms. The number of carbonyl (C=O) groups excluding carboxylic acids is 1. The molecule has 1 aromatic carbocycles. The number of urea groups is 1. The summed E-state index contributed by atoms with van der Waals surface area (Å²) in [5, 5.41) is 11.3. The average molecular weight is 282 g/mol. The van der Waals surface area contributed by atoms with E-state index >= 15 is 0 Å². The molecular formula is C13H15FN2O4. The Hall–Kier alpha value is -2.15. The number of amides is 2. The number of hydrogen-bond acceptors (Lipinski definition) is 3. The van der Waals surface area contributed by atoms with Crippen molar-refractivity contribution in [1.29, 1.82) is 0 Å². The van der Waals surface area contributed by atoms with E-state index in [0.29, 0.717) is 26.3 Å². The molecule has 0 radical (unpaired) electrons. The number of hydrogen-bond donors (Lipinski definition) is 2. The first kappa shape index (κ1) is 14.3. The molecule has 2 N–H and O–H groups in total. The van der Waals surface area contributed by atoms with Crippen LogP contribution >= 0.6 is 0 Å². The highest BCUT2D eigenvalue weighted by Gasteiger charge is 2.17. The van der Waals surface area contributed by atoms with E-state index in [9.17, 15) is 14.0 Å². The molecule has 0 saturated carbocycles. The highest BCUT2D eigenvalue weighted by atomic mass is 19.1. The second-order valence-corrected chi connectivity index (χ2v) is 4.38. The molecule has 0 spiro atoms. The van der Waals surface area contributed by atoms with Crippen molar-refractivity contribution in [3.63, 3.8) is 0 Å². The lowest BCUT2D eigenvalue weighted by Crippen LogP contribution is -2.36. The van der Waals surface area contributed by atoms with E-state index in [1.807, 2.05) is 0 Å². The summed E-state index contributed by atoms with van der Waals surface area (Å²) < 4.78 is 18.7. The van der Waals surface area contributed by atoms with Gasteiger partial charge in [0.1, 0.15) is 5.82 Å². The molecule has 0 atom stereocenters. The molecule has 7 heteroatoms. The number of aromatic carboxylic acids is 1. The van der Waals surface area contributed by atoms with E-state index in [1.165, 1.54) is 6.07 Å². The SMILES string of the molecule is O=C(O)c1ccc(NC(=O)N2CCCOCC2)cc1F. The summed E-state index contributed by atoms with van der Waals surface area (Å²) in [6.07, 6.45) is 0.750. The molecule has 2 amide bonds. The van der Waals surface area contributed by atoms with E-state index in [2.05, 4.69) is 5.32 Å². The van der Waals surface area contributed by atoms with Crippen LogP contribution in [0.4, 0.5) is 14.9 Å². The molecule has 1 fully saturated rings. The Labute approximate surface area is 115 Å². The molecule has 6 nitrogen and oxygen atoms in total. The van der Waals surface area contributed by atoms with Gasteiger partial charge in [0.25, 0.3) is 0 Å². The number of nitrogens with one attached hydrogen (secondary N) is 1. The van der Waals surface area contributed by atoms with Crippen molar-refractivity contribution in [2.45, 2.75) is 6.42 Å². The van der Waals surface area contributed by atoms with Crippen molar-refractivity contribution in [1.82, 2.24) is 4.90 Å². The van der Waals surface area contributed by atoms with Gasteiger partial charge in [-0.2, -0.15) is 0 Å². The number of carboxylic acid groups (broad SMARTS) is 1. The fourth-order valence-electron chi connectivity index (χ4n) is 1.92. The molecule has 0 aliphatic carbocycles. The molecule has 1 aliphatic rings. The fraction of sp³-hybridized carbons (Fsp3) is 0.385. The van der Waals surface area contributed by atoms with Crippen LogP contribution in [0.25, 0.3) is 0 Å². The highest BCUT2D eigenvalue weighted by molar-refractivity contribution is 5.91. The molecule has 0 aromatic heterocycles. The first-order chi connectivity index (χ1) is 9.58. The van der Waals surface area contributed by atoms with E-state index in [-0.39, 0.29) is 11.7 Å². The largest absolute Gasteiger partial charge is 0.478 e. The van der Waals surface area contributed by atoms with Gasteiger partial charge in [0.2, 0.25) is 0 Å². The van der Waals surface area contributed by atoms with E-state index in [0.717, 1.165) is 18.6 Å². The minimum atomic E-state index is -1.34. The van der Waals surface area contributed by atoms with Crippen molar-refractivity contribution < 1.29 is 23.8 Å². The molecule has 1 aliphatic heterocycles. The van der Waals surface area contributed by atoms with Crippen LogP contribution in [-0.4, -0.2) is 48.3 Å². The Morgan fingerprint density at radius 2 is 2.10 bits per heavy atom. The standard InChI is InChI=1S/C13H15FN2O4/c14-11-8-9(2-3-10(11)12(17)18)15-13(19)16-4-1-6-20-7-5-16/h2-3,8H,1,4-7H2,(H,15,19)(H,17,18). The maximum Gasteiger partial charge on any atom is 0.338 e. The maximum atomic E-state index is 13.5. The van der Waals surface area contributed by atoms with Crippen LogP contribution in [0.15, 0.2) is 18.2 Å². The Morgan fingerprint density at radius 1 is 1.30 bits per heavy atom. The maximum absolute atomic E-state index is 13.5. The van der Waals surface area contributed by atoms with Gasteiger partial charge in [-0.3, -0.25) is 0 Å². The molecule has 2 rings (SSSR count). The van der Waals surface area contributed by atoms with Gasteiger partial charge in [-0.05, 0) is 24.6 Å². The average Bonchev–Trinajstić information content (AvgIpc) is 2.67. The third-order valence-electron chi connectivity index (χ3n) is 2.96. The Morgan fingerprint density at radius 3 is 2.80 bits per heavy atom. The van der Waals surface area contributed by atoms with Crippen LogP contribution in [-0.2, 0) is 4.74 Å². The number of benzene rings is 1. The number of nitrogens with zero attached hydrogens (tertiary/aromatic N) is 1. The predicted molar refractivity (Wildman–Crippen MR) is 69.4 cm³/mol. The number of rotatable bonds is 2. The minimum absolute atomic E-state index is 0.225. The summed E-state index contributed by atoms with van der Waals surface area (Å²) in [5.74, 6) is -2.22. The van der Waals surface area contributed by atoms with Crippen molar-refractivity contribution >= 4 is 17.7 Å². The molecular weight excluding hydrogens is 267 g/mol. The lowest BCUT2D eigenvalue weighted by atomic mass is 10.2. The van der Waals surface area contributed by atoms with Gasteiger partial charge in [0.05, 0.1) is 12.2 Å². The number of carboxylic acids is 1. The van der Waals surface area contributed by atoms with E-state index < -0.39 is 17.3 Å². The van der Waals surface area contributed by atoms with Gasteiger partial charge in [0.15, 0.2) is 0 Å². The smallest absolute Gasteiger partial charge is 0.338 e. The van der Waals surface area contributed by atoms with Gasteiger partial charge in [-0.15, -0.1) is 0 Å². The summed E-state index contributed by atoms with van der Waals surface area (Å²) in [6, 6.07) is 3.13. The van der Waals surface area contributed by atoms with Crippen LogP contribution in [0, 0.1) is 5.82 Å².